The van der Waals surface area contributed by atoms with Gasteiger partial charge in [-0.2, -0.15) is 0 Å². The highest BCUT2D eigenvalue weighted by Gasteiger charge is 2.57. The molecule has 2 aliphatic rings. The van der Waals surface area contributed by atoms with Crippen LogP contribution in [0.2, 0.25) is 0 Å². The zero-order valence-electron chi connectivity index (χ0n) is 18.0. The Hall–Kier alpha value is -2.18. The largest absolute Gasteiger partial charge is 0.222 e. The number of hydrogen-bond acceptors (Lipinski definition) is 4. The van der Waals surface area contributed by atoms with Crippen LogP contribution in [0.4, 0.5) is 0 Å². The Balaban J connectivity index is 2.07. The van der Waals surface area contributed by atoms with E-state index in [0.29, 0.717) is 12.8 Å². The van der Waals surface area contributed by atoms with Gasteiger partial charge in [-0.15, -0.1) is 0 Å². The highest BCUT2D eigenvalue weighted by atomic mass is 32.3. The molecule has 0 N–H and O–H groups in total. The SMILES string of the molecule is CCC1=C2CCC2=C(CC)CC(S(=O)(=O)c2ccccc2)(S(=O)(=O)c2ccccc2)C1. The van der Waals surface area contributed by atoms with Crippen molar-refractivity contribution in [3.05, 3.63) is 83.0 Å². The molecule has 4 nitrogen and oxygen atoms in total. The van der Waals surface area contributed by atoms with Crippen LogP contribution in [0.25, 0.3) is 0 Å². The van der Waals surface area contributed by atoms with Crippen LogP contribution in [-0.4, -0.2) is 20.9 Å². The summed E-state index contributed by atoms with van der Waals surface area (Å²) in [6, 6.07) is 16.1. The first kappa shape index (κ1) is 22.0. The maximum absolute atomic E-state index is 14.2. The molecule has 4 rings (SSSR count). The molecular weight excluding hydrogens is 428 g/mol. The third-order valence-corrected chi connectivity index (χ3v) is 12.4. The molecule has 2 aliphatic carbocycles. The van der Waals surface area contributed by atoms with Crippen LogP contribution in [0.3, 0.4) is 0 Å². The van der Waals surface area contributed by atoms with E-state index in [4.69, 9.17) is 0 Å². The van der Waals surface area contributed by atoms with Crippen molar-refractivity contribution < 1.29 is 16.8 Å². The number of hydrogen-bond donors (Lipinski definition) is 0. The lowest BCUT2D eigenvalue weighted by Gasteiger charge is -2.34. The van der Waals surface area contributed by atoms with Crippen LogP contribution >= 0.6 is 0 Å². The molecular formula is C25H28O4S2. The van der Waals surface area contributed by atoms with Gasteiger partial charge in [0.25, 0.3) is 0 Å². The second-order valence-electron chi connectivity index (χ2n) is 8.27. The average Bonchev–Trinajstić information content (AvgIpc) is 2.87. The molecule has 0 spiro atoms. The zero-order valence-corrected chi connectivity index (χ0v) is 19.6. The molecule has 0 amide bonds. The van der Waals surface area contributed by atoms with E-state index in [2.05, 4.69) is 0 Å². The summed E-state index contributed by atoms with van der Waals surface area (Å²) in [7, 11) is -8.43. The minimum atomic E-state index is -4.21. The molecule has 31 heavy (non-hydrogen) atoms. The van der Waals surface area contributed by atoms with E-state index in [1.807, 2.05) is 13.8 Å². The highest BCUT2D eigenvalue weighted by Crippen LogP contribution is 2.53. The van der Waals surface area contributed by atoms with Gasteiger partial charge < -0.3 is 0 Å². The Morgan fingerprint density at radius 2 is 1.00 bits per heavy atom. The Bertz CT molecular complexity index is 1150. The molecule has 2 aromatic rings. The Morgan fingerprint density at radius 3 is 1.29 bits per heavy atom. The molecule has 1 saturated carbocycles. The first-order valence-corrected chi connectivity index (χ1v) is 13.8. The van der Waals surface area contributed by atoms with Crippen LogP contribution in [0.15, 0.2) is 92.7 Å². The van der Waals surface area contributed by atoms with Gasteiger partial charge in [-0.25, -0.2) is 16.8 Å². The fourth-order valence-electron chi connectivity index (χ4n) is 4.91. The predicted molar refractivity (Wildman–Crippen MR) is 123 cm³/mol. The van der Waals surface area contributed by atoms with Gasteiger partial charge in [0, 0.05) is 12.8 Å². The summed E-state index contributed by atoms with van der Waals surface area (Å²) in [6.07, 6.45) is 3.11. The summed E-state index contributed by atoms with van der Waals surface area (Å²) in [4.78, 5) is 0.120. The topological polar surface area (TPSA) is 68.3 Å². The maximum atomic E-state index is 14.2. The number of fused-ring (bicyclic) bond motifs is 1. The summed E-state index contributed by atoms with van der Waals surface area (Å²) < 4.78 is 54.9. The maximum Gasteiger partial charge on any atom is 0.199 e. The van der Waals surface area contributed by atoms with Gasteiger partial charge in [-0.1, -0.05) is 61.4 Å². The second kappa shape index (κ2) is 8.06. The summed E-state index contributed by atoms with van der Waals surface area (Å²) in [5.74, 6) is 0. The standard InChI is InChI=1S/C25H28O4S2/c1-3-19-17-25(18-20(4-2)24-16-15-23(19)24,30(26,27)21-11-7-5-8-12-21)31(28,29)22-13-9-6-10-14-22/h5-14H,3-4,15-18H2,1-2H3. The summed E-state index contributed by atoms with van der Waals surface area (Å²) in [5, 5.41) is 0. The number of allylic oxidation sites excluding steroid dienone is 4. The summed E-state index contributed by atoms with van der Waals surface area (Å²) in [6.45, 7) is 3.98. The number of sulfone groups is 2. The molecule has 0 radical (unpaired) electrons. The third-order valence-electron chi connectivity index (χ3n) is 6.75. The summed E-state index contributed by atoms with van der Waals surface area (Å²) >= 11 is 0. The monoisotopic (exact) mass is 456 g/mol. The Labute approximate surface area is 185 Å². The molecule has 164 valence electrons. The lowest BCUT2D eigenvalue weighted by Crippen LogP contribution is -2.47. The van der Waals surface area contributed by atoms with Crippen LogP contribution < -0.4 is 0 Å². The van der Waals surface area contributed by atoms with Gasteiger partial charge in [-0.05, 0) is 61.1 Å². The van der Waals surface area contributed by atoms with Crippen LogP contribution in [0, 0.1) is 0 Å². The van der Waals surface area contributed by atoms with Crippen molar-refractivity contribution in [1.29, 1.82) is 0 Å². The van der Waals surface area contributed by atoms with E-state index >= 15 is 0 Å². The second-order valence-corrected chi connectivity index (χ2v) is 13.0. The Kier molecular flexibility index (Phi) is 5.73. The molecule has 0 heterocycles. The van der Waals surface area contributed by atoms with Crippen LogP contribution in [0.1, 0.15) is 52.4 Å². The third kappa shape index (κ3) is 3.31. The number of rotatable bonds is 6. The van der Waals surface area contributed by atoms with Crippen molar-refractivity contribution in [1.82, 2.24) is 0 Å². The van der Waals surface area contributed by atoms with Gasteiger partial charge in [0.2, 0.25) is 0 Å². The predicted octanol–water partition coefficient (Wildman–Crippen LogP) is 5.63. The fraction of sp³-hybridized carbons (Fsp3) is 0.360. The Morgan fingerprint density at radius 1 is 0.645 bits per heavy atom. The van der Waals surface area contributed by atoms with Crippen molar-refractivity contribution in [3.8, 4) is 0 Å². The summed E-state index contributed by atoms with van der Waals surface area (Å²) in [5.41, 5.74) is 4.30. The van der Waals surface area contributed by atoms with Gasteiger partial charge in [0.15, 0.2) is 23.8 Å². The smallest absolute Gasteiger partial charge is 0.199 e. The molecule has 0 atom stereocenters. The van der Waals surface area contributed by atoms with Gasteiger partial charge in [-0.3, -0.25) is 0 Å². The van der Waals surface area contributed by atoms with E-state index in [1.165, 1.54) is 35.4 Å². The zero-order chi connectivity index (χ0) is 22.3. The van der Waals surface area contributed by atoms with Crippen molar-refractivity contribution in [3.63, 3.8) is 0 Å². The minimum Gasteiger partial charge on any atom is -0.222 e. The van der Waals surface area contributed by atoms with E-state index in [9.17, 15) is 16.8 Å². The van der Waals surface area contributed by atoms with E-state index in [0.717, 1.165) is 24.0 Å². The molecule has 2 aromatic carbocycles. The molecule has 6 heteroatoms. The van der Waals surface area contributed by atoms with Crippen molar-refractivity contribution in [2.45, 2.75) is 66.2 Å². The van der Waals surface area contributed by atoms with Crippen molar-refractivity contribution in [2.75, 3.05) is 0 Å². The first-order chi connectivity index (χ1) is 14.8. The fourth-order valence-corrected chi connectivity index (χ4v) is 9.99. The van der Waals surface area contributed by atoms with Crippen LogP contribution in [-0.2, 0) is 19.7 Å². The molecule has 0 unspecified atom stereocenters. The molecule has 0 aliphatic heterocycles. The lowest BCUT2D eigenvalue weighted by atomic mass is 9.79. The van der Waals surface area contributed by atoms with Crippen molar-refractivity contribution >= 4 is 19.7 Å². The normalized spacial score (nSPS) is 18.9. The lowest BCUT2D eigenvalue weighted by molar-refractivity contribution is 0.528. The minimum absolute atomic E-state index is 0.0142. The van der Waals surface area contributed by atoms with Gasteiger partial charge in [0.05, 0.1) is 9.79 Å². The molecule has 0 saturated heterocycles. The molecule has 0 bridgehead atoms. The molecule has 1 fully saturated rings. The molecule has 0 aromatic heterocycles. The van der Waals surface area contributed by atoms with Gasteiger partial charge in [0.1, 0.15) is 0 Å². The quantitative estimate of drug-likeness (QED) is 0.565. The van der Waals surface area contributed by atoms with E-state index < -0.39 is 23.8 Å². The average molecular weight is 457 g/mol. The van der Waals surface area contributed by atoms with E-state index in [-0.39, 0.29) is 22.6 Å². The highest BCUT2D eigenvalue weighted by molar-refractivity contribution is 8.10. The van der Waals surface area contributed by atoms with Crippen LogP contribution in [0.5, 0.6) is 0 Å². The van der Waals surface area contributed by atoms with Gasteiger partial charge >= 0.3 is 0 Å². The number of benzene rings is 2. The first-order valence-electron chi connectivity index (χ1n) is 10.8. The van der Waals surface area contributed by atoms with Crippen molar-refractivity contribution in [2.24, 2.45) is 0 Å². The van der Waals surface area contributed by atoms with E-state index in [1.54, 1.807) is 36.4 Å².